The lowest BCUT2D eigenvalue weighted by molar-refractivity contribution is 0.171. The molecule has 1 fully saturated rings. The van der Waals surface area contributed by atoms with Crippen LogP contribution in [0.1, 0.15) is 38.2 Å². The summed E-state index contributed by atoms with van der Waals surface area (Å²) in [6.45, 7) is 4.25. The summed E-state index contributed by atoms with van der Waals surface area (Å²) in [6, 6.07) is 4.62. The molecule has 1 saturated carbocycles. The van der Waals surface area contributed by atoms with Crippen molar-refractivity contribution < 1.29 is 9.47 Å². The first-order valence-corrected chi connectivity index (χ1v) is 7.95. The third-order valence-electron chi connectivity index (χ3n) is 4.06. The standard InChI is InChI=1S/C16H22ClNO2/c1-2-13(7-11-3-4-11)18-10-12-8-14(17)16-15(9-12)19-5-6-20-16/h8-9,11,13,18H,2-7,10H2,1H3. The second kappa shape index (κ2) is 6.23. The smallest absolute Gasteiger partial charge is 0.179 e. The van der Waals surface area contributed by atoms with E-state index in [2.05, 4.69) is 12.2 Å². The van der Waals surface area contributed by atoms with Crippen LogP contribution in [0.5, 0.6) is 11.5 Å². The summed E-state index contributed by atoms with van der Waals surface area (Å²) in [4.78, 5) is 0. The van der Waals surface area contributed by atoms with Gasteiger partial charge in [0.25, 0.3) is 0 Å². The minimum atomic E-state index is 0.573. The number of benzene rings is 1. The molecule has 1 aliphatic heterocycles. The third-order valence-corrected chi connectivity index (χ3v) is 4.34. The summed E-state index contributed by atoms with van der Waals surface area (Å²) >= 11 is 6.26. The van der Waals surface area contributed by atoms with E-state index in [1.165, 1.54) is 25.7 Å². The highest BCUT2D eigenvalue weighted by Crippen LogP contribution is 2.38. The topological polar surface area (TPSA) is 30.5 Å². The number of nitrogens with one attached hydrogen (secondary N) is 1. The van der Waals surface area contributed by atoms with Crippen molar-refractivity contribution in [3.8, 4) is 11.5 Å². The van der Waals surface area contributed by atoms with E-state index in [1.54, 1.807) is 0 Å². The quantitative estimate of drug-likeness (QED) is 0.866. The molecular formula is C16H22ClNO2. The van der Waals surface area contributed by atoms with Crippen LogP contribution in [0.15, 0.2) is 12.1 Å². The Morgan fingerprint density at radius 3 is 2.85 bits per heavy atom. The molecule has 3 rings (SSSR count). The van der Waals surface area contributed by atoms with Crippen molar-refractivity contribution >= 4 is 11.6 Å². The van der Waals surface area contributed by atoms with Gasteiger partial charge in [0, 0.05) is 12.6 Å². The molecule has 20 heavy (non-hydrogen) atoms. The zero-order valence-corrected chi connectivity index (χ0v) is 12.7. The average molecular weight is 296 g/mol. The maximum Gasteiger partial charge on any atom is 0.179 e. The molecule has 1 N–H and O–H groups in total. The fourth-order valence-electron chi connectivity index (χ4n) is 2.68. The van der Waals surface area contributed by atoms with Crippen LogP contribution in [0.25, 0.3) is 0 Å². The van der Waals surface area contributed by atoms with Crippen molar-refractivity contribution in [3.05, 3.63) is 22.7 Å². The van der Waals surface area contributed by atoms with E-state index in [-0.39, 0.29) is 0 Å². The maximum atomic E-state index is 6.26. The van der Waals surface area contributed by atoms with Crippen LogP contribution in [0.3, 0.4) is 0 Å². The molecule has 3 nitrogen and oxygen atoms in total. The van der Waals surface area contributed by atoms with Crippen LogP contribution >= 0.6 is 11.6 Å². The highest BCUT2D eigenvalue weighted by molar-refractivity contribution is 6.32. The summed E-state index contributed by atoms with van der Waals surface area (Å²) in [5.41, 5.74) is 1.16. The van der Waals surface area contributed by atoms with Gasteiger partial charge in [-0.1, -0.05) is 31.4 Å². The van der Waals surface area contributed by atoms with E-state index in [0.717, 1.165) is 23.8 Å². The van der Waals surface area contributed by atoms with Gasteiger partial charge in [-0.2, -0.15) is 0 Å². The van der Waals surface area contributed by atoms with Gasteiger partial charge in [0.2, 0.25) is 0 Å². The Kier molecular flexibility index (Phi) is 4.37. The van der Waals surface area contributed by atoms with Gasteiger partial charge in [-0.05, 0) is 36.5 Å². The Bertz CT molecular complexity index is 474. The average Bonchev–Trinajstić information content (AvgIpc) is 3.27. The number of rotatable bonds is 6. The highest BCUT2D eigenvalue weighted by atomic mass is 35.5. The molecule has 0 radical (unpaired) electrons. The van der Waals surface area contributed by atoms with E-state index in [9.17, 15) is 0 Å². The van der Waals surface area contributed by atoms with Crippen LogP contribution in [0, 0.1) is 5.92 Å². The predicted octanol–water partition coefficient (Wildman–Crippen LogP) is 3.78. The maximum absolute atomic E-state index is 6.26. The van der Waals surface area contributed by atoms with Crippen LogP contribution in [0.2, 0.25) is 5.02 Å². The minimum absolute atomic E-state index is 0.573. The SMILES string of the molecule is CCC(CC1CC1)NCc1cc(Cl)c2c(c1)OCCO2. The Hall–Kier alpha value is -0.930. The highest BCUT2D eigenvalue weighted by Gasteiger charge is 2.24. The molecule has 4 heteroatoms. The molecule has 1 unspecified atom stereocenters. The lowest BCUT2D eigenvalue weighted by atomic mass is 10.1. The fraction of sp³-hybridized carbons (Fsp3) is 0.625. The zero-order valence-electron chi connectivity index (χ0n) is 12.0. The van der Waals surface area contributed by atoms with Crippen LogP contribution < -0.4 is 14.8 Å². The van der Waals surface area contributed by atoms with E-state index >= 15 is 0 Å². The van der Waals surface area contributed by atoms with E-state index < -0.39 is 0 Å². The van der Waals surface area contributed by atoms with Crippen LogP contribution in [0.4, 0.5) is 0 Å². The van der Waals surface area contributed by atoms with Gasteiger partial charge in [-0.3, -0.25) is 0 Å². The Balaban J connectivity index is 1.63. The largest absolute Gasteiger partial charge is 0.486 e. The van der Waals surface area contributed by atoms with Crippen molar-refractivity contribution in [2.75, 3.05) is 13.2 Å². The summed E-state index contributed by atoms with van der Waals surface area (Å²) < 4.78 is 11.2. The van der Waals surface area contributed by atoms with Gasteiger partial charge in [0.05, 0.1) is 5.02 Å². The molecule has 0 saturated heterocycles. The van der Waals surface area contributed by atoms with Crippen molar-refractivity contribution in [3.63, 3.8) is 0 Å². The molecule has 0 spiro atoms. The molecule has 1 heterocycles. The van der Waals surface area contributed by atoms with E-state index in [1.807, 2.05) is 12.1 Å². The molecule has 1 aliphatic carbocycles. The number of ether oxygens (including phenoxy) is 2. The Morgan fingerprint density at radius 2 is 2.10 bits per heavy atom. The first kappa shape index (κ1) is 14.0. The van der Waals surface area contributed by atoms with Crippen LogP contribution in [-0.4, -0.2) is 19.3 Å². The molecule has 0 amide bonds. The molecule has 1 atom stereocenters. The number of hydrogen-bond acceptors (Lipinski definition) is 3. The predicted molar refractivity (Wildman–Crippen MR) is 80.7 cm³/mol. The van der Waals surface area contributed by atoms with Crippen molar-refractivity contribution in [1.29, 1.82) is 0 Å². The number of halogens is 1. The van der Waals surface area contributed by atoms with Gasteiger partial charge in [0.1, 0.15) is 13.2 Å². The molecule has 1 aromatic rings. The Morgan fingerprint density at radius 1 is 1.30 bits per heavy atom. The zero-order chi connectivity index (χ0) is 13.9. The van der Waals surface area contributed by atoms with E-state index in [0.29, 0.717) is 30.0 Å². The number of hydrogen-bond donors (Lipinski definition) is 1. The molecule has 110 valence electrons. The van der Waals surface area contributed by atoms with Crippen LogP contribution in [-0.2, 0) is 6.54 Å². The lowest BCUT2D eigenvalue weighted by Crippen LogP contribution is -2.28. The second-order valence-corrected chi connectivity index (χ2v) is 6.17. The number of fused-ring (bicyclic) bond motifs is 1. The molecular weight excluding hydrogens is 274 g/mol. The van der Waals surface area contributed by atoms with Gasteiger partial charge in [-0.25, -0.2) is 0 Å². The van der Waals surface area contributed by atoms with Gasteiger partial charge in [-0.15, -0.1) is 0 Å². The summed E-state index contributed by atoms with van der Waals surface area (Å²) in [5.74, 6) is 2.42. The van der Waals surface area contributed by atoms with Crippen molar-refractivity contribution in [2.45, 2.75) is 45.2 Å². The van der Waals surface area contributed by atoms with Crippen molar-refractivity contribution in [2.24, 2.45) is 5.92 Å². The van der Waals surface area contributed by atoms with Gasteiger partial charge < -0.3 is 14.8 Å². The summed E-state index contributed by atoms with van der Waals surface area (Å²) in [7, 11) is 0. The minimum Gasteiger partial charge on any atom is -0.486 e. The Labute approximate surface area is 125 Å². The lowest BCUT2D eigenvalue weighted by Gasteiger charge is -2.21. The fourth-order valence-corrected chi connectivity index (χ4v) is 2.97. The molecule has 0 bridgehead atoms. The molecule has 1 aromatic carbocycles. The third kappa shape index (κ3) is 3.39. The monoisotopic (exact) mass is 295 g/mol. The first-order valence-electron chi connectivity index (χ1n) is 7.57. The van der Waals surface area contributed by atoms with Gasteiger partial charge >= 0.3 is 0 Å². The van der Waals surface area contributed by atoms with Crippen molar-refractivity contribution in [1.82, 2.24) is 5.32 Å². The van der Waals surface area contributed by atoms with Gasteiger partial charge in [0.15, 0.2) is 11.5 Å². The molecule has 2 aliphatic rings. The summed E-state index contributed by atoms with van der Waals surface area (Å²) in [6.07, 6.45) is 5.30. The normalized spacial score (nSPS) is 18.9. The second-order valence-electron chi connectivity index (χ2n) is 5.77. The van der Waals surface area contributed by atoms with E-state index in [4.69, 9.17) is 21.1 Å². The first-order chi connectivity index (χ1) is 9.76. The summed E-state index contributed by atoms with van der Waals surface area (Å²) in [5, 5.41) is 4.28. The molecule has 0 aromatic heterocycles.